The molecule has 1 heterocycles. The Kier molecular flexibility index (Phi) is 6.14. The molecule has 2 N–H and O–H groups in total. The Balaban J connectivity index is 1.86. The third-order valence-electron chi connectivity index (χ3n) is 3.60. The molecule has 116 valence electrons. The summed E-state index contributed by atoms with van der Waals surface area (Å²) in [6, 6.07) is 4.35. The van der Waals surface area contributed by atoms with Gasteiger partial charge in [-0.1, -0.05) is 0 Å². The zero-order valence-corrected chi connectivity index (χ0v) is 13.4. The number of piperidine rings is 1. The molecule has 0 aromatic heterocycles. The Morgan fingerprint density at radius 1 is 1.43 bits per heavy atom. The van der Waals surface area contributed by atoms with Gasteiger partial charge in [-0.2, -0.15) is 0 Å². The zero-order valence-electron chi connectivity index (χ0n) is 11.9. The van der Waals surface area contributed by atoms with Crippen LogP contribution >= 0.6 is 15.9 Å². The molecule has 0 atom stereocenters. The minimum atomic E-state index is -0.362. The van der Waals surface area contributed by atoms with Crippen molar-refractivity contribution >= 4 is 21.8 Å². The number of ether oxygens (including phenoxy) is 1. The molecule has 0 radical (unpaired) electrons. The van der Waals surface area contributed by atoms with Crippen LogP contribution in [-0.2, 0) is 4.74 Å². The largest absolute Gasteiger partial charge is 0.378 e. The Hall–Kier alpha value is -0.980. The van der Waals surface area contributed by atoms with Crippen LogP contribution in [0.5, 0.6) is 0 Å². The maximum atomic E-state index is 13.2. The minimum absolute atomic E-state index is 0.0592. The summed E-state index contributed by atoms with van der Waals surface area (Å²) in [4.78, 5) is 14.1. The van der Waals surface area contributed by atoms with E-state index in [0.717, 1.165) is 19.3 Å². The summed E-state index contributed by atoms with van der Waals surface area (Å²) < 4.78 is 19.2. The SMILES string of the molecule is NCCCOC1CCN(C(=O)c2ccc(F)c(Br)c2)CC1. The Bertz CT molecular complexity index is 491. The lowest BCUT2D eigenvalue weighted by Crippen LogP contribution is -2.41. The number of carbonyl (C=O) groups is 1. The fourth-order valence-electron chi connectivity index (χ4n) is 2.37. The van der Waals surface area contributed by atoms with E-state index < -0.39 is 0 Å². The highest BCUT2D eigenvalue weighted by Gasteiger charge is 2.24. The fourth-order valence-corrected chi connectivity index (χ4v) is 2.75. The molecule has 1 aromatic carbocycles. The topological polar surface area (TPSA) is 55.6 Å². The van der Waals surface area contributed by atoms with Gasteiger partial charge in [-0.05, 0) is 59.9 Å². The summed E-state index contributed by atoms with van der Waals surface area (Å²) >= 11 is 3.11. The molecule has 1 aliphatic heterocycles. The smallest absolute Gasteiger partial charge is 0.253 e. The van der Waals surface area contributed by atoms with Gasteiger partial charge in [0.2, 0.25) is 0 Å². The lowest BCUT2D eigenvalue weighted by molar-refractivity contribution is 0.00844. The molecule has 0 unspecified atom stereocenters. The third-order valence-corrected chi connectivity index (χ3v) is 4.21. The number of amides is 1. The molecule has 0 saturated carbocycles. The molecule has 1 aromatic rings. The van der Waals surface area contributed by atoms with Crippen molar-refractivity contribution in [2.75, 3.05) is 26.2 Å². The second-order valence-corrected chi connectivity index (χ2v) is 5.99. The maximum Gasteiger partial charge on any atom is 0.253 e. The second-order valence-electron chi connectivity index (χ2n) is 5.13. The van der Waals surface area contributed by atoms with Gasteiger partial charge in [0.05, 0.1) is 10.6 Å². The van der Waals surface area contributed by atoms with Crippen molar-refractivity contribution in [3.63, 3.8) is 0 Å². The summed E-state index contributed by atoms with van der Waals surface area (Å²) in [5.41, 5.74) is 5.94. The molecule has 1 saturated heterocycles. The van der Waals surface area contributed by atoms with Crippen LogP contribution in [0.3, 0.4) is 0 Å². The highest BCUT2D eigenvalue weighted by Crippen LogP contribution is 2.20. The summed E-state index contributed by atoms with van der Waals surface area (Å²) in [6.07, 6.45) is 2.74. The first kappa shape index (κ1) is 16.4. The van der Waals surface area contributed by atoms with E-state index in [-0.39, 0.29) is 17.8 Å². The number of nitrogens with zero attached hydrogens (tertiary/aromatic N) is 1. The summed E-state index contributed by atoms with van der Waals surface area (Å²) in [5.74, 6) is -0.422. The summed E-state index contributed by atoms with van der Waals surface area (Å²) in [7, 11) is 0. The highest BCUT2D eigenvalue weighted by molar-refractivity contribution is 9.10. The molecule has 21 heavy (non-hydrogen) atoms. The van der Waals surface area contributed by atoms with Crippen LogP contribution in [0.2, 0.25) is 0 Å². The summed E-state index contributed by atoms with van der Waals surface area (Å²) in [5, 5.41) is 0. The fraction of sp³-hybridized carbons (Fsp3) is 0.533. The number of hydrogen-bond acceptors (Lipinski definition) is 3. The molecule has 6 heteroatoms. The quantitative estimate of drug-likeness (QED) is 0.823. The highest BCUT2D eigenvalue weighted by atomic mass is 79.9. The van der Waals surface area contributed by atoms with Gasteiger partial charge in [-0.15, -0.1) is 0 Å². The number of carbonyl (C=O) groups excluding carboxylic acids is 1. The van der Waals surface area contributed by atoms with Crippen molar-refractivity contribution in [2.45, 2.75) is 25.4 Å². The van der Waals surface area contributed by atoms with Crippen molar-refractivity contribution in [2.24, 2.45) is 5.73 Å². The number of rotatable bonds is 5. The molecule has 1 aliphatic rings. The molecule has 4 nitrogen and oxygen atoms in total. The van der Waals surface area contributed by atoms with Gasteiger partial charge < -0.3 is 15.4 Å². The van der Waals surface area contributed by atoms with E-state index in [1.54, 1.807) is 4.90 Å². The van der Waals surface area contributed by atoms with Crippen molar-refractivity contribution in [3.8, 4) is 0 Å². The molecule has 0 aliphatic carbocycles. The Morgan fingerprint density at radius 3 is 2.76 bits per heavy atom. The average molecular weight is 359 g/mol. The molecular formula is C15H20BrFN2O2. The Morgan fingerprint density at radius 2 is 2.14 bits per heavy atom. The zero-order chi connectivity index (χ0) is 15.2. The van der Waals surface area contributed by atoms with Crippen LogP contribution in [0.4, 0.5) is 4.39 Å². The predicted octanol–water partition coefficient (Wildman–Crippen LogP) is 2.56. The number of benzene rings is 1. The van der Waals surface area contributed by atoms with Gasteiger partial charge >= 0.3 is 0 Å². The van der Waals surface area contributed by atoms with Gasteiger partial charge in [0.1, 0.15) is 5.82 Å². The lowest BCUT2D eigenvalue weighted by atomic mass is 10.1. The summed E-state index contributed by atoms with van der Waals surface area (Å²) in [6.45, 7) is 2.65. The van der Waals surface area contributed by atoms with E-state index in [0.29, 0.717) is 36.3 Å². The molecular weight excluding hydrogens is 339 g/mol. The van der Waals surface area contributed by atoms with Crippen LogP contribution < -0.4 is 5.73 Å². The van der Waals surface area contributed by atoms with Gasteiger partial charge in [0.25, 0.3) is 5.91 Å². The van der Waals surface area contributed by atoms with E-state index in [1.165, 1.54) is 18.2 Å². The molecule has 0 spiro atoms. The molecule has 1 fully saturated rings. The van der Waals surface area contributed by atoms with Gasteiger partial charge in [-0.25, -0.2) is 4.39 Å². The average Bonchev–Trinajstić information content (AvgIpc) is 2.50. The van der Waals surface area contributed by atoms with Gasteiger partial charge in [0, 0.05) is 25.3 Å². The minimum Gasteiger partial charge on any atom is -0.378 e. The van der Waals surface area contributed by atoms with Crippen LogP contribution in [-0.4, -0.2) is 43.2 Å². The third kappa shape index (κ3) is 4.49. The van der Waals surface area contributed by atoms with Crippen molar-refractivity contribution < 1.29 is 13.9 Å². The van der Waals surface area contributed by atoms with Crippen molar-refractivity contribution in [3.05, 3.63) is 34.1 Å². The monoisotopic (exact) mass is 358 g/mol. The van der Waals surface area contributed by atoms with E-state index in [4.69, 9.17) is 10.5 Å². The van der Waals surface area contributed by atoms with Crippen molar-refractivity contribution in [1.29, 1.82) is 0 Å². The van der Waals surface area contributed by atoms with E-state index in [2.05, 4.69) is 15.9 Å². The van der Waals surface area contributed by atoms with Crippen LogP contribution in [0, 0.1) is 5.82 Å². The molecule has 0 bridgehead atoms. The number of nitrogens with two attached hydrogens (primary N) is 1. The van der Waals surface area contributed by atoms with Crippen LogP contribution in [0.1, 0.15) is 29.6 Å². The lowest BCUT2D eigenvalue weighted by Gasteiger charge is -2.32. The first-order valence-electron chi connectivity index (χ1n) is 7.18. The molecule has 1 amide bonds. The first-order valence-corrected chi connectivity index (χ1v) is 7.97. The number of hydrogen-bond donors (Lipinski definition) is 1. The normalized spacial score (nSPS) is 16.2. The van der Waals surface area contributed by atoms with Crippen LogP contribution in [0.15, 0.2) is 22.7 Å². The van der Waals surface area contributed by atoms with Gasteiger partial charge in [-0.3, -0.25) is 4.79 Å². The van der Waals surface area contributed by atoms with E-state index >= 15 is 0 Å². The number of halogens is 2. The standard InChI is InChI=1S/C15H20BrFN2O2/c16-13-10-11(2-3-14(13)17)15(20)19-7-4-12(5-8-19)21-9-1-6-18/h2-3,10,12H,1,4-9,18H2. The second kappa shape index (κ2) is 7.87. The van der Waals surface area contributed by atoms with E-state index in [1.807, 2.05) is 0 Å². The first-order chi connectivity index (χ1) is 10.1. The predicted molar refractivity (Wildman–Crippen MR) is 82.6 cm³/mol. The maximum absolute atomic E-state index is 13.2. The van der Waals surface area contributed by atoms with Crippen LogP contribution in [0.25, 0.3) is 0 Å². The number of likely N-dealkylation sites (tertiary alicyclic amines) is 1. The van der Waals surface area contributed by atoms with Crippen molar-refractivity contribution in [1.82, 2.24) is 4.90 Å². The Labute approximate surface area is 132 Å². The van der Waals surface area contributed by atoms with Gasteiger partial charge in [0.15, 0.2) is 0 Å². The van der Waals surface area contributed by atoms with E-state index in [9.17, 15) is 9.18 Å². The molecule has 2 rings (SSSR count).